The molecular weight excluding hydrogens is 252 g/mol. The van der Waals surface area contributed by atoms with E-state index in [0.29, 0.717) is 12.8 Å². The first-order valence-corrected chi connectivity index (χ1v) is 6.34. The number of carbonyl (C=O) groups is 3. The number of fused-ring (bicyclic) bond motifs is 2. The molecule has 19 heavy (non-hydrogen) atoms. The van der Waals surface area contributed by atoms with Gasteiger partial charge in [-0.05, 0) is 18.3 Å². The smallest absolute Gasteiger partial charge is 0.320 e. The number of hydrogen-bond donors (Lipinski definition) is 2. The molecular formula is C13H18O6. The molecule has 0 aromatic heterocycles. The van der Waals surface area contributed by atoms with Crippen LogP contribution in [0.5, 0.6) is 0 Å². The molecule has 0 aliphatic heterocycles. The number of aliphatic hydroxyl groups is 2. The highest BCUT2D eigenvalue weighted by molar-refractivity contribution is 6.47. The summed E-state index contributed by atoms with van der Waals surface area (Å²) in [4.78, 5) is 36.2. The number of esters is 1. The Hall–Kier alpha value is -1.27. The largest absolute Gasteiger partial charge is 0.462 e. The summed E-state index contributed by atoms with van der Waals surface area (Å²) in [5.41, 5.74) is -2.16. The van der Waals surface area contributed by atoms with Gasteiger partial charge in [0.1, 0.15) is 18.1 Å². The maximum absolute atomic E-state index is 12.2. The Kier molecular flexibility index (Phi) is 3.26. The Balaban J connectivity index is 2.24. The van der Waals surface area contributed by atoms with Crippen molar-refractivity contribution in [2.45, 2.75) is 32.8 Å². The maximum atomic E-state index is 12.2. The van der Waals surface area contributed by atoms with Crippen molar-refractivity contribution in [3.05, 3.63) is 0 Å². The number of ketones is 2. The first kappa shape index (κ1) is 14.1. The highest BCUT2D eigenvalue weighted by Crippen LogP contribution is 2.62. The van der Waals surface area contributed by atoms with E-state index in [1.807, 2.05) is 0 Å². The molecule has 6 nitrogen and oxygen atoms in total. The predicted octanol–water partition coefficient (Wildman–Crippen LogP) is -0.543. The van der Waals surface area contributed by atoms with E-state index in [4.69, 9.17) is 9.84 Å². The van der Waals surface area contributed by atoms with Crippen LogP contribution in [-0.4, -0.2) is 47.1 Å². The minimum absolute atomic E-state index is 0.309. The fourth-order valence-corrected chi connectivity index (χ4v) is 3.38. The quantitative estimate of drug-likeness (QED) is 0.404. The van der Waals surface area contributed by atoms with Crippen LogP contribution in [0.15, 0.2) is 0 Å². The van der Waals surface area contributed by atoms with E-state index in [1.165, 1.54) is 0 Å². The zero-order valence-corrected chi connectivity index (χ0v) is 11.0. The van der Waals surface area contributed by atoms with Crippen LogP contribution in [0.1, 0.15) is 26.7 Å². The summed E-state index contributed by atoms with van der Waals surface area (Å²) in [6.07, 6.45) is -0.355. The second-order valence-electron chi connectivity index (χ2n) is 5.85. The van der Waals surface area contributed by atoms with Crippen LogP contribution in [0, 0.1) is 16.7 Å². The highest BCUT2D eigenvalue weighted by Gasteiger charge is 2.73. The van der Waals surface area contributed by atoms with Crippen molar-refractivity contribution in [3.63, 3.8) is 0 Å². The van der Waals surface area contributed by atoms with Gasteiger partial charge < -0.3 is 14.9 Å². The molecule has 0 aromatic rings. The van der Waals surface area contributed by atoms with Crippen molar-refractivity contribution in [1.82, 2.24) is 0 Å². The SMILES string of the molecule is CC1(C)C2CCC1(C(=O)OCC(O)CO)C(=O)C2=O. The minimum Gasteiger partial charge on any atom is -0.462 e. The molecule has 0 aromatic carbocycles. The van der Waals surface area contributed by atoms with Gasteiger partial charge in [0.25, 0.3) is 0 Å². The fourth-order valence-electron chi connectivity index (χ4n) is 3.38. The van der Waals surface area contributed by atoms with Gasteiger partial charge >= 0.3 is 5.97 Å². The molecule has 2 bridgehead atoms. The average molecular weight is 270 g/mol. The fraction of sp³-hybridized carbons (Fsp3) is 0.769. The Morgan fingerprint density at radius 3 is 2.58 bits per heavy atom. The van der Waals surface area contributed by atoms with Gasteiger partial charge in [-0.2, -0.15) is 0 Å². The Labute approximate surface area is 110 Å². The normalized spacial score (nSPS) is 33.6. The van der Waals surface area contributed by atoms with Crippen LogP contribution < -0.4 is 0 Å². The summed E-state index contributed by atoms with van der Waals surface area (Å²) in [7, 11) is 0. The lowest BCUT2D eigenvalue weighted by atomic mass is 9.69. The van der Waals surface area contributed by atoms with Crippen LogP contribution in [0.25, 0.3) is 0 Å². The molecule has 0 heterocycles. The third-order valence-corrected chi connectivity index (χ3v) is 4.67. The summed E-state index contributed by atoms with van der Waals surface area (Å²) in [6.45, 7) is 2.56. The first-order valence-electron chi connectivity index (χ1n) is 6.34. The average Bonchev–Trinajstić information content (AvgIpc) is 2.72. The van der Waals surface area contributed by atoms with Crippen LogP contribution in [-0.2, 0) is 19.1 Å². The topological polar surface area (TPSA) is 101 Å². The molecule has 2 fully saturated rings. The first-order chi connectivity index (χ1) is 8.79. The van der Waals surface area contributed by atoms with Crippen LogP contribution in [0.4, 0.5) is 0 Å². The molecule has 0 radical (unpaired) electrons. The predicted molar refractivity (Wildman–Crippen MR) is 63.0 cm³/mol. The van der Waals surface area contributed by atoms with Crippen molar-refractivity contribution >= 4 is 17.5 Å². The second-order valence-corrected chi connectivity index (χ2v) is 5.85. The van der Waals surface area contributed by atoms with E-state index in [9.17, 15) is 19.5 Å². The lowest BCUT2D eigenvalue weighted by molar-refractivity contribution is -0.168. The molecule has 6 heteroatoms. The highest BCUT2D eigenvalue weighted by atomic mass is 16.5. The van der Waals surface area contributed by atoms with E-state index in [0.717, 1.165) is 0 Å². The van der Waals surface area contributed by atoms with Crippen molar-refractivity contribution in [1.29, 1.82) is 0 Å². The number of rotatable bonds is 4. The lowest BCUT2D eigenvalue weighted by Crippen LogP contribution is -2.46. The van der Waals surface area contributed by atoms with E-state index < -0.39 is 47.0 Å². The lowest BCUT2D eigenvalue weighted by Gasteiger charge is -2.33. The maximum Gasteiger partial charge on any atom is 0.320 e. The standard InChI is InChI=1S/C13H18O6/c1-12(2)8-3-4-13(12,10(17)9(8)16)11(18)19-6-7(15)5-14/h7-8,14-15H,3-6H2,1-2H3. The van der Waals surface area contributed by atoms with Gasteiger partial charge in [-0.1, -0.05) is 13.8 Å². The molecule has 2 rings (SSSR count). The van der Waals surface area contributed by atoms with Crippen LogP contribution >= 0.6 is 0 Å². The summed E-state index contributed by atoms with van der Waals surface area (Å²) < 4.78 is 4.93. The van der Waals surface area contributed by atoms with E-state index in [2.05, 4.69) is 0 Å². The van der Waals surface area contributed by atoms with Crippen molar-refractivity contribution in [2.75, 3.05) is 13.2 Å². The molecule has 2 N–H and O–H groups in total. The number of carbonyl (C=O) groups excluding carboxylic acids is 3. The minimum atomic E-state index is -1.41. The van der Waals surface area contributed by atoms with Gasteiger partial charge in [-0.25, -0.2) is 0 Å². The van der Waals surface area contributed by atoms with Crippen LogP contribution in [0.3, 0.4) is 0 Å². The van der Waals surface area contributed by atoms with Gasteiger partial charge in [-0.3, -0.25) is 14.4 Å². The summed E-state index contributed by atoms with van der Waals surface area (Å²) in [6, 6.07) is 0. The summed E-state index contributed by atoms with van der Waals surface area (Å²) in [5.74, 6) is -2.34. The zero-order chi connectivity index (χ0) is 14.4. The van der Waals surface area contributed by atoms with E-state index >= 15 is 0 Å². The third-order valence-electron chi connectivity index (χ3n) is 4.67. The second kappa shape index (κ2) is 4.38. The number of aliphatic hydroxyl groups excluding tert-OH is 2. The molecule has 106 valence electrons. The molecule has 3 unspecified atom stereocenters. The van der Waals surface area contributed by atoms with Gasteiger partial charge in [-0.15, -0.1) is 0 Å². The number of Topliss-reactive ketones (excluding diaryl/α,β-unsaturated/α-hetero) is 2. The van der Waals surface area contributed by atoms with Gasteiger partial charge in [0.05, 0.1) is 6.61 Å². The van der Waals surface area contributed by atoms with Crippen molar-refractivity contribution in [3.8, 4) is 0 Å². The molecule has 2 aliphatic carbocycles. The van der Waals surface area contributed by atoms with Gasteiger partial charge in [0, 0.05) is 5.92 Å². The molecule has 0 spiro atoms. The zero-order valence-electron chi connectivity index (χ0n) is 11.0. The van der Waals surface area contributed by atoms with Gasteiger partial charge in [0.2, 0.25) is 11.6 Å². The van der Waals surface area contributed by atoms with E-state index in [-0.39, 0.29) is 6.61 Å². The van der Waals surface area contributed by atoms with Gasteiger partial charge in [0.15, 0.2) is 0 Å². The summed E-state index contributed by atoms with van der Waals surface area (Å²) >= 11 is 0. The summed E-state index contributed by atoms with van der Waals surface area (Å²) in [5, 5.41) is 17.9. The number of ether oxygens (including phenoxy) is 1. The Morgan fingerprint density at radius 1 is 1.47 bits per heavy atom. The Morgan fingerprint density at radius 2 is 2.11 bits per heavy atom. The molecule has 2 saturated carbocycles. The van der Waals surface area contributed by atoms with Crippen LogP contribution in [0.2, 0.25) is 0 Å². The van der Waals surface area contributed by atoms with E-state index in [1.54, 1.807) is 13.8 Å². The molecule has 2 aliphatic rings. The molecule has 0 amide bonds. The molecule has 0 saturated heterocycles. The number of hydrogen-bond acceptors (Lipinski definition) is 6. The van der Waals surface area contributed by atoms with Crippen molar-refractivity contribution in [2.24, 2.45) is 16.7 Å². The van der Waals surface area contributed by atoms with Crippen molar-refractivity contribution < 1.29 is 29.3 Å². The Bertz CT molecular complexity index is 440. The monoisotopic (exact) mass is 270 g/mol. The molecule has 3 atom stereocenters. The third kappa shape index (κ3) is 1.66.